The molecule has 0 aromatic carbocycles. The summed E-state index contributed by atoms with van der Waals surface area (Å²) >= 11 is 0. The van der Waals surface area contributed by atoms with E-state index in [2.05, 4.69) is 40.9 Å². The molecule has 2 aliphatic heterocycles. The molecule has 0 aliphatic carbocycles. The summed E-state index contributed by atoms with van der Waals surface area (Å²) in [5, 5.41) is 3.57. The summed E-state index contributed by atoms with van der Waals surface area (Å²) in [6, 6.07) is 1.12. The number of carbonyl (C=O) groups excluding carboxylic acids is 1. The second-order valence-corrected chi connectivity index (χ2v) is 6.56. The molecule has 1 N–H and O–H groups in total. The number of carbonyl (C=O) groups is 1. The molecular formula is C15H30N4O. The number of nitrogens with one attached hydrogen (secondary N) is 1. The van der Waals surface area contributed by atoms with Gasteiger partial charge in [0.2, 0.25) is 5.91 Å². The molecule has 0 unspecified atom stereocenters. The minimum atomic E-state index is 0.317. The Balaban J connectivity index is 1.69. The van der Waals surface area contributed by atoms with E-state index < -0.39 is 0 Å². The molecule has 2 rings (SSSR count). The number of likely N-dealkylation sites (tertiary alicyclic amines) is 1. The Morgan fingerprint density at radius 2 is 1.70 bits per heavy atom. The van der Waals surface area contributed by atoms with Gasteiger partial charge in [0.25, 0.3) is 0 Å². The minimum Gasteiger partial charge on any atom is -0.341 e. The summed E-state index contributed by atoms with van der Waals surface area (Å²) < 4.78 is 0. The van der Waals surface area contributed by atoms with Gasteiger partial charge in [-0.15, -0.1) is 0 Å². The lowest BCUT2D eigenvalue weighted by atomic mass is 10.0. The van der Waals surface area contributed by atoms with Crippen molar-refractivity contribution in [3.63, 3.8) is 0 Å². The first-order valence-electron chi connectivity index (χ1n) is 7.99. The van der Waals surface area contributed by atoms with Crippen LogP contribution >= 0.6 is 0 Å². The molecule has 0 saturated carbocycles. The average molecular weight is 282 g/mol. The summed E-state index contributed by atoms with van der Waals surface area (Å²) in [5.74, 6) is 0.317. The smallest absolute Gasteiger partial charge is 0.236 e. The molecule has 2 saturated heterocycles. The zero-order valence-corrected chi connectivity index (χ0v) is 13.3. The van der Waals surface area contributed by atoms with Crippen molar-refractivity contribution in [2.24, 2.45) is 0 Å². The Morgan fingerprint density at radius 1 is 1.10 bits per heavy atom. The molecule has 0 aromatic rings. The molecule has 116 valence electrons. The number of amides is 1. The van der Waals surface area contributed by atoms with Crippen LogP contribution in [0.5, 0.6) is 0 Å². The van der Waals surface area contributed by atoms with Crippen LogP contribution in [0.15, 0.2) is 0 Å². The van der Waals surface area contributed by atoms with E-state index in [9.17, 15) is 4.79 Å². The summed E-state index contributed by atoms with van der Waals surface area (Å²) in [7, 11) is 2.14. The fourth-order valence-corrected chi connectivity index (χ4v) is 3.06. The standard InChI is InChI=1S/C15H30N4O/c1-13(2)16-14-4-6-19(7-5-14)15(20)12-18-10-8-17(3)9-11-18/h13-14,16H,4-12H2,1-3H3. The Labute approximate surface area is 123 Å². The molecule has 2 heterocycles. The second kappa shape index (κ2) is 7.38. The van der Waals surface area contributed by atoms with E-state index in [1.54, 1.807) is 0 Å². The van der Waals surface area contributed by atoms with Crippen LogP contribution in [0.3, 0.4) is 0 Å². The van der Waals surface area contributed by atoms with E-state index in [-0.39, 0.29) is 0 Å². The van der Waals surface area contributed by atoms with Crippen LogP contribution in [0.25, 0.3) is 0 Å². The van der Waals surface area contributed by atoms with Crippen molar-refractivity contribution in [1.82, 2.24) is 20.0 Å². The van der Waals surface area contributed by atoms with Crippen molar-refractivity contribution in [2.75, 3.05) is 52.9 Å². The van der Waals surface area contributed by atoms with Crippen molar-refractivity contribution in [2.45, 2.75) is 38.8 Å². The number of nitrogens with zero attached hydrogens (tertiary/aromatic N) is 3. The highest BCUT2D eigenvalue weighted by Crippen LogP contribution is 2.12. The van der Waals surface area contributed by atoms with Crippen molar-refractivity contribution < 1.29 is 4.79 Å². The highest BCUT2D eigenvalue weighted by atomic mass is 16.2. The van der Waals surface area contributed by atoms with Crippen LogP contribution in [-0.2, 0) is 4.79 Å². The monoisotopic (exact) mass is 282 g/mol. The first-order valence-corrected chi connectivity index (χ1v) is 7.99. The normalized spacial score (nSPS) is 23.5. The third-order valence-electron chi connectivity index (χ3n) is 4.37. The molecular weight excluding hydrogens is 252 g/mol. The SMILES string of the molecule is CC(C)NC1CCN(C(=O)CN2CCN(C)CC2)CC1. The van der Waals surface area contributed by atoms with E-state index in [1.807, 2.05) is 0 Å². The van der Waals surface area contributed by atoms with E-state index in [0.717, 1.165) is 52.1 Å². The number of piperazine rings is 1. The highest BCUT2D eigenvalue weighted by molar-refractivity contribution is 5.78. The zero-order chi connectivity index (χ0) is 14.5. The summed E-state index contributed by atoms with van der Waals surface area (Å²) in [6.07, 6.45) is 2.18. The number of hydrogen-bond donors (Lipinski definition) is 1. The number of hydrogen-bond acceptors (Lipinski definition) is 4. The maximum atomic E-state index is 12.3. The summed E-state index contributed by atoms with van der Waals surface area (Å²) in [4.78, 5) is 19.0. The molecule has 0 bridgehead atoms. The lowest BCUT2D eigenvalue weighted by Crippen LogP contribution is -2.51. The van der Waals surface area contributed by atoms with E-state index in [1.165, 1.54) is 0 Å². The van der Waals surface area contributed by atoms with Gasteiger partial charge in [-0.05, 0) is 19.9 Å². The highest BCUT2D eigenvalue weighted by Gasteiger charge is 2.25. The van der Waals surface area contributed by atoms with Crippen molar-refractivity contribution in [3.8, 4) is 0 Å². The van der Waals surface area contributed by atoms with Gasteiger partial charge in [0.05, 0.1) is 6.54 Å². The third kappa shape index (κ3) is 4.72. The van der Waals surface area contributed by atoms with Gasteiger partial charge in [-0.25, -0.2) is 0 Å². The molecule has 2 fully saturated rings. The van der Waals surface area contributed by atoms with Crippen molar-refractivity contribution >= 4 is 5.91 Å². The van der Waals surface area contributed by atoms with Crippen molar-refractivity contribution in [1.29, 1.82) is 0 Å². The minimum absolute atomic E-state index is 0.317. The topological polar surface area (TPSA) is 38.8 Å². The molecule has 0 radical (unpaired) electrons. The van der Waals surface area contributed by atoms with Gasteiger partial charge in [0, 0.05) is 51.4 Å². The quantitative estimate of drug-likeness (QED) is 0.801. The Hall–Kier alpha value is -0.650. The largest absolute Gasteiger partial charge is 0.341 e. The number of piperidine rings is 1. The predicted molar refractivity (Wildman–Crippen MR) is 81.8 cm³/mol. The molecule has 1 amide bonds. The summed E-state index contributed by atoms with van der Waals surface area (Å²) in [6.45, 7) is 11.0. The zero-order valence-electron chi connectivity index (χ0n) is 13.3. The van der Waals surface area contributed by atoms with Gasteiger partial charge < -0.3 is 15.1 Å². The fraction of sp³-hybridized carbons (Fsp3) is 0.933. The molecule has 20 heavy (non-hydrogen) atoms. The molecule has 5 nitrogen and oxygen atoms in total. The van der Waals surface area contributed by atoms with Crippen LogP contribution in [0, 0.1) is 0 Å². The van der Waals surface area contributed by atoms with Gasteiger partial charge in [0.15, 0.2) is 0 Å². The second-order valence-electron chi connectivity index (χ2n) is 6.56. The Bertz CT molecular complexity index is 305. The molecule has 2 aliphatic rings. The van der Waals surface area contributed by atoms with E-state index >= 15 is 0 Å². The Morgan fingerprint density at radius 3 is 2.25 bits per heavy atom. The first-order chi connectivity index (χ1) is 9.54. The maximum Gasteiger partial charge on any atom is 0.236 e. The molecule has 0 aromatic heterocycles. The number of rotatable bonds is 4. The van der Waals surface area contributed by atoms with E-state index in [0.29, 0.717) is 24.5 Å². The molecule has 0 atom stereocenters. The van der Waals surface area contributed by atoms with E-state index in [4.69, 9.17) is 0 Å². The van der Waals surface area contributed by atoms with Gasteiger partial charge in [-0.3, -0.25) is 9.69 Å². The average Bonchev–Trinajstić information content (AvgIpc) is 2.41. The van der Waals surface area contributed by atoms with Crippen LogP contribution in [0.1, 0.15) is 26.7 Å². The van der Waals surface area contributed by atoms with Crippen LogP contribution in [0.2, 0.25) is 0 Å². The lowest BCUT2D eigenvalue weighted by Gasteiger charge is -2.36. The molecule has 5 heteroatoms. The van der Waals surface area contributed by atoms with Gasteiger partial charge in [-0.1, -0.05) is 13.8 Å². The fourth-order valence-electron chi connectivity index (χ4n) is 3.06. The van der Waals surface area contributed by atoms with Crippen molar-refractivity contribution in [3.05, 3.63) is 0 Å². The van der Waals surface area contributed by atoms with Crippen LogP contribution in [-0.4, -0.2) is 85.6 Å². The van der Waals surface area contributed by atoms with Gasteiger partial charge in [-0.2, -0.15) is 0 Å². The Kier molecular flexibility index (Phi) is 5.81. The van der Waals surface area contributed by atoms with Gasteiger partial charge >= 0.3 is 0 Å². The maximum absolute atomic E-state index is 12.3. The van der Waals surface area contributed by atoms with Gasteiger partial charge in [0.1, 0.15) is 0 Å². The molecule has 0 spiro atoms. The summed E-state index contributed by atoms with van der Waals surface area (Å²) in [5.41, 5.74) is 0. The van der Waals surface area contributed by atoms with Crippen LogP contribution in [0.4, 0.5) is 0 Å². The first kappa shape index (κ1) is 15.7. The van der Waals surface area contributed by atoms with Crippen LogP contribution < -0.4 is 5.32 Å². The third-order valence-corrected chi connectivity index (χ3v) is 4.37. The number of likely N-dealkylation sites (N-methyl/N-ethyl adjacent to an activating group) is 1. The predicted octanol–water partition coefficient (Wildman–Crippen LogP) is 0.223. The lowest BCUT2D eigenvalue weighted by molar-refractivity contribution is -0.134.